The monoisotopic (exact) mass is 458 g/mol. The molecule has 2 aliphatic rings. The maximum atomic E-state index is 12.9. The SMILES string of the molecule is O=C(Nc1cccc(CN2CCC(C(=O)NC3CCCCC3)CC2)c1)c1c[nH]c2ccccc12. The van der Waals surface area contributed by atoms with Crippen molar-refractivity contribution in [2.24, 2.45) is 5.92 Å². The highest BCUT2D eigenvalue weighted by molar-refractivity contribution is 6.12. The summed E-state index contributed by atoms with van der Waals surface area (Å²) in [5, 5.41) is 7.27. The first-order valence-electron chi connectivity index (χ1n) is 12.6. The summed E-state index contributed by atoms with van der Waals surface area (Å²) in [6.45, 7) is 2.68. The smallest absolute Gasteiger partial charge is 0.257 e. The quantitative estimate of drug-likeness (QED) is 0.482. The number of rotatable bonds is 6. The average Bonchev–Trinajstić information content (AvgIpc) is 3.30. The minimum atomic E-state index is -0.112. The van der Waals surface area contributed by atoms with Gasteiger partial charge in [0.1, 0.15) is 0 Å². The Morgan fingerprint density at radius 2 is 1.74 bits per heavy atom. The van der Waals surface area contributed by atoms with Gasteiger partial charge in [-0.25, -0.2) is 0 Å². The molecule has 6 nitrogen and oxygen atoms in total. The second-order valence-electron chi connectivity index (χ2n) is 9.80. The minimum Gasteiger partial charge on any atom is -0.360 e. The van der Waals surface area contributed by atoms with E-state index in [4.69, 9.17) is 0 Å². The standard InChI is InChI=1S/C28H34N4O2/c33-27(30-22-8-2-1-3-9-22)21-13-15-32(16-14-21)19-20-7-6-10-23(17-20)31-28(34)25-18-29-26-12-5-4-11-24(25)26/h4-7,10-12,17-18,21-22,29H,1-3,8-9,13-16,19H2,(H,30,33)(H,31,34). The molecular weight excluding hydrogens is 424 g/mol. The van der Waals surface area contributed by atoms with E-state index in [1.807, 2.05) is 36.4 Å². The number of aromatic nitrogens is 1. The second kappa shape index (κ2) is 10.4. The summed E-state index contributed by atoms with van der Waals surface area (Å²) in [5.74, 6) is 0.285. The van der Waals surface area contributed by atoms with Crippen LogP contribution in [-0.2, 0) is 11.3 Å². The molecule has 2 amide bonds. The predicted molar refractivity (Wildman–Crippen MR) is 136 cm³/mol. The Morgan fingerprint density at radius 1 is 0.941 bits per heavy atom. The summed E-state index contributed by atoms with van der Waals surface area (Å²) in [4.78, 5) is 31.1. The number of likely N-dealkylation sites (tertiary alicyclic amines) is 1. The lowest BCUT2D eigenvalue weighted by Crippen LogP contribution is -2.44. The van der Waals surface area contributed by atoms with E-state index in [2.05, 4.69) is 32.7 Å². The molecule has 1 saturated heterocycles. The van der Waals surface area contributed by atoms with Crippen LogP contribution in [0, 0.1) is 5.92 Å². The first-order valence-corrected chi connectivity index (χ1v) is 12.6. The number of benzene rings is 2. The van der Waals surface area contributed by atoms with Crippen LogP contribution in [-0.4, -0.2) is 40.8 Å². The summed E-state index contributed by atoms with van der Waals surface area (Å²) in [7, 11) is 0. The molecule has 2 heterocycles. The Balaban J connectivity index is 1.13. The lowest BCUT2D eigenvalue weighted by molar-refractivity contribution is -0.127. The lowest BCUT2D eigenvalue weighted by atomic mass is 9.92. The van der Waals surface area contributed by atoms with Gasteiger partial charge in [0.05, 0.1) is 5.56 Å². The van der Waals surface area contributed by atoms with Crippen molar-refractivity contribution in [2.45, 2.75) is 57.5 Å². The van der Waals surface area contributed by atoms with Gasteiger partial charge < -0.3 is 15.6 Å². The number of nitrogens with zero attached hydrogens (tertiary/aromatic N) is 1. The highest BCUT2D eigenvalue weighted by atomic mass is 16.2. The van der Waals surface area contributed by atoms with Crippen LogP contribution >= 0.6 is 0 Å². The summed E-state index contributed by atoms with van der Waals surface area (Å²) >= 11 is 0. The third-order valence-corrected chi connectivity index (χ3v) is 7.33. The first kappa shape index (κ1) is 22.7. The zero-order valence-corrected chi connectivity index (χ0v) is 19.7. The van der Waals surface area contributed by atoms with Gasteiger partial charge in [0.15, 0.2) is 0 Å². The lowest BCUT2D eigenvalue weighted by Gasteiger charge is -2.32. The molecule has 178 valence electrons. The van der Waals surface area contributed by atoms with Crippen molar-refractivity contribution in [2.75, 3.05) is 18.4 Å². The summed E-state index contributed by atoms with van der Waals surface area (Å²) in [5.41, 5.74) is 3.57. The zero-order valence-electron chi connectivity index (χ0n) is 19.7. The number of carbonyl (C=O) groups is 2. The van der Waals surface area contributed by atoms with Gasteiger partial charge in [-0.15, -0.1) is 0 Å². The van der Waals surface area contributed by atoms with Gasteiger partial charge in [-0.2, -0.15) is 0 Å². The van der Waals surface area contributed by atoms with Crippen molar-refractivity contribution in [1.82, 2.24) is 15.2 Å². The van der Waals surface area contributed by atoms with Crippen LogP contribution in [0.4, 0.5) is 5.69 Å². The van der Waals surface area contributed by atoms with Crippen molar-refractivity contribution >= 4 is 28.4 Å². The van der Waals surface area contributed by atoms with Crippen molar-refractivity contribution in [3.05, 3.63) is 65.9 Å². The molecule has 5 rings (SSSR count). The highest BCUT2D eigenvalue weighted by Crippen LogP contribution is 2.24. The first-order chi connectivity index (χ1) is 16.7. The van der Waals surface area contributed by atoms with Crippen molar-refractivity contribution in [3.8, 4) is 0 Å². The Kier molecular flexibility index (Phi) is 6.95. The van der Waals surface area contributed by atoms with Gasteiger partial charge in [0.2, 0.25) is 5.91 Å². The molecule has 3 N–H and O–H groups in total. The van der Waals surface area contributed by atoms with Crippen LogP contribution in [0.1, 0.15) is 60.9 Å². The number of amides is 2. The third-order valence-electron chi connectivity index (χ3n) is 7.33. The molecule has 1 aliphatic heterocycles. The Morgan fingerprint density at radius 3 is 2.56 bits per heavy atom. The second-order valence-corrected chi connectivity index (χ2v) is 9.80. The molecule has 34 heavy (non-hydrogen) atoms. The van der Waals surface area contributed by atoms with Gasteiger partial charge in [-0.3, -0.25) is 14.5 Å². The molecule has 3 aromatic rings. The number of aromatic amines is 1. The fraction of sp³-hybridized carbons (Fsp3) is 0.429. The molecule has 1 saturated carbocycles. The van der Waals surface area contributed by atoms with Crippen molar-refractivity contribution < 1.29 is 9.59 Å². The number of hydrogen-bond donors (Lipinski definition) is 3. The van der Waals surface area contributed by atoms with E-state index in [0.717, 1.165) is 61.9 Å². The molecule has 0 atom stereocenters. The van der Waals surface area contributed by atoms with Gasteiger partial charge in [-0.1, -0.05) is 49.6 Å². The van der Waals surface area contributed by atoms with E-state index in [9.17, 15) is 9.59 Å². The molecular formula is C28H34N4O2. The normalized spacial score (nSPS) is 18.1. The van der Waals surface area contributed by atoms with Crippen LogP contribution in [0.15, 0.2) is 54.7 Å². The fourth-order valence-electron chi connectivity index (χ4n) is 5.38. The van der Waals surface area contributed by atoms with E-state index in [1.165, 1.54) is 24.8 Å². The summed E-state index contributed by atoms with van der Waals surface area (Å²) < 4.78 is 0. The molecule has 1 aromatic heterocycles. The molecule has 0 spiro atoms. The molecule has 0 radical (unpaired) electrons. The minimum absolute atomic E-state index is 0.112. The Hall–Kier alpha value is -3.12. The van der Waals surface area contributed by atoms with Gasteiger partial charge >= 0.3 is 0 Å². The number of nitrogens with one attached hydrogen (secondary N) is 3. The number of anilines is 1. The molecule has 2 fully saturated rings. The topological polar surface area (TPSA) is 77.2 Å². The van der Waals surface area contributed by atoms with E-state index >= 15 is 0 Å². The Labute approximate surface area is 201 Å². The Bertz CT molecular complexity index is 1140. The predicted octanol–water partition coefficient (Wildman–Crippen LogP) is 5.08. The van der Waals surface area contributed by atoms with Crippen LogP contribution in [0.2, 0.25) is 0 Å². The average molecular weight is 459 g/mol. The maximum absolute atomic E-state index is 12.9. The van der Waals surface area contributed by atoms with Gasteiger partial charge in [0.25, 0.3) is 5.91 Å². The van der Waals surface area contributed by atoms with Gasteiger partial charge in [-0.05, 0) is 62.5 Å². The fourth-order valence-corrected chi connectivity index (χ4v) is 5.38. The van der Waals surface area contributed by atoms with E-state index < -0.39 is 0 Å². The van der Waals surface area contributed by atoms with Crippen LogP contribution in [0.3, 0.4) is 0 Å². The number of fused-ring (bicyclic) bond motifs is 1. The number of piperidine rings is 1. The number of H-pyrrole nitrogens is 1. The maximum Gasteiger partial charge on any atom is 0.257 e. The number of para-hydroxylation sites is 1. The van der Waals surface area contributed by atoms with Crippen LogP contribution < -0.4 is 10.6 Å². The molecule has 2 aromatic carbocycles. The van der Waals surface area contributed by atoms with E-state index in [0.29, 0.717) is 11.6 Å². The zero-order chi connectivity index (χ0) is 23.3. The molecule has 0 unspecified atom stereocenters. The number of hydrogen-bond acceptors (Lipinski definition) is 3. The van der Waals surface area contributed by atoms with Gasteiger partial charge in [0, 0.05) is 41.3 Å². The third kappa shape index (κ3) is 5.33. The molecule has 1 aliphatic carbocycles. The molecule has 6 heteroatoms. The van der Waals surface area contributed by atoms with E-state index in [1.54, 1.807) is 6.20 Å². The molecule has 0 bridgehead atoms. The highest BCUT2D eigenvalue weighted by Gasteiger charge is 2.27. The van der Waals surface area contributed by atoms with Crippen LogP contribution in [0.5, 0.6) is 0 Å². The van der Waals surface area contributed by atoms with Crippen molar-refractivity contribution in [1.29, 1.82) is 0 Å². The van der Waals surface area contributed by atoms with Crippen molar-refractivity contribution in [3.63, 3.8) is 0 Å². The van der Waals surface area contributed by atoms with E-state index in [-0.39, 0.29) is 17.7 Å². The van der Waals surface area contributed by atoms with Crippen LogP contribution in [0.25, 0.3) is 10.9 Å². The largest absolute Gasteiger partial charge is 0.360 e. The summed E-state index contributed by atoms with van der Waals surface area (Å²) in [6, 6.07) is 16.3. The summed E-state index contributed by atoms with van der Waals surface area (Å²) in [6.07, 6.45) is 9.65. The number of carbonyl (C=O) groups excluding carboxylic acids is 2.